The van der Waals surface area contributed by atoms with Crippen LogP contribution in [-0.4, -0.2) is 45.7 Å². The summed E-state index contributed by atoms with van der Waals surface area (Å²) < 4.78 is 20.7. The maximum atomic E-state index is 11.9. The minimum Gasteiger partial charge on any atom is -0.493 e. The highest BCUT2D eigenvalue weighted by molar-refractivity contribution is 6.05. The van der Waals surface area contributed by atoms with Gasteiger partial charge in [-0.3, -0.25) is 19.7 Å². The molecule has 0 atom stereocenters. The fourth-order valence-electron chi connectivity index (χ4n) is 2.57. The summed E-state index contributed by atoms with van der Waals surface area (Å²) in [5, 5.41) is 2.17. The Labute approximate surface area is 168 Å². The minimum absolute atomic E-state index is 0.0402. The van der Waals surface area contributed by atoms with Crippen molar-refractivity contribution in [1.29, 1.82) is 0 Å². The second-order valence-electron chi connectivity index (χ2n) is 5.94. The largest absolute Gasteiger partial charge is 0.493 e. The van der Waals surface area contributed by atoms with E-state index in [1.807, 2.05) is 0 Å². The molecule has 0 unspecified atom stereocenters. The molecule has 154 valence electrons. The lowest BCUT2D eigenvalue weighted by atomic mass is 10.1. The van der Waals surface area contributed by atoms with Gasteiger partial charge in [0.2, 0.25) is 5.75 Å². The van der Waals surface area contributed by atoms with Crippen LogP contribution in [0.1, 0.15) is 22.3 Å². The van der Waals surface area contributed by atoms with E-state index in [-0.39, 0.29) is 6.42 Å². The summed E-state index contributed by atoms with van der Waals surface area (Å²) in [4.78, 5) is 35.6. The fraction of sp³-hybridized carbons (Fsp3) is 0.286. The Kier molecular flexibility index (Phi) is 8.02. The van der Waals surface area contributed by atoms with Gasteiger partial charge < -0.3 is 18.9 Å². The number of imide groups is 1. The van der Waals surface area contributed by atoms with Gasteiger partial charge in [-0.25, -0.2) is 0 Å². The molecule has 2 amide bonds. The average molecular weight is 401 g/mol. The van der Waals surface area contributed by atoms with Gasteiger partial charge in [0.25, 0.3) is 11.8 Å². The molecule has 0 aliphatic carbocycles. The summed E-state index contributed by atoms with van der Waals surface area (Å²) in [7, 11) is 4.51. The number of hydrogen-bond donors (Lipinski definition) is 1. The molecule has 8 heteroatoms. The molecule has 29 heavy (non-hydrogen) atoms. The monoisotopic (exact) mass is 401 g/mol. The molecule has 0 spiro atoms. The Bertz CT molecular complexity index is 840. The normalized spacial score (nSPS) is 10.0. The van der Waals surface area contributed by atoms with Gasteiger partial charge in [-0.2, -0.15) is 0 Å². The molecule has 1 N–H and O–H groups in total. The molecule has 0 fully saturated rings. The first-order chi connectivity index (χ1) is 14.0. The van der Waals surface area contributed by atoms with Crippen LogP contribution in [0.5, 0.6) is 17.2 Å². The summed E-state index contributed by atoms with van der Waals surface area (Å²) in [5.74, 6) is -0.394. The van der Waals surface area contributed by atoms with Crippen molar-refractivity contribution in [2.75, 3.05) is 27.9 Å². The van der Waals surface area contributed by atoms with Crippen molar-refractivity contribution < 1.29 is 33.3 Å². The Morgan fingerprint density at radius 1 is 0.897 bits per heavy atom. The molecule has 0 bridgehead atoms. The van der Waals surface area contributed by atoms with Gasteiger partial charge in [-0.05, 0) is 36.2 Å². The molecule has 8 nitrogen and oxygen atoms in total. The van der Waals surface area contributed by atoms with Crippen LogP contribution in [0.25, 0.3) is 0 Å². The number of methoxy groups -OCH3 is 3. The first-order valence-electron chi connectivity index (χ1n) is 8.82. The van der Waals surface area contributed by atoms with E-state index in [0.29, 0.717) is 29.2 Å². The van der Waals surface area contributed by atoms with E-state index >= 15 is 0 Å². The summed E-state index contributed by atoms with van der Waals surface area (Å²) in [6.45, 7) is -0.535. The van der Waals surface area contributed by atoms with Gasteiger partial charge >= 0.3 is 5.97 Å². The van der Waals surface area contributed by atoms with Crippen LogP contribution in [-0.2, 0) is 20.7 Å². The molecule has 0 aliphatic rings. The number of carbonyl (C=O) groups excluding carboxylic acids is 3. The maximum Gasteiger partial charge on any atom is 0.306 e. The van der Waals surface area contributed by atoms with Crippen LogP contribution in [0.3, 0.4) is 0 Å². The second kappa shape index (κ2) is 10.7. The smallest absolute Gasteiger partial charge is 0.306 e. The zero-order valence-corrected chi connectivity index (χ0v) is 16.5. The predicted molar refractivity (Wildman–Crippen MR) is 104 cm³/mol. The highest BCUT2D eigenvalue weighted by Crippen LogP contribution is 2.38. The van der Waals surface area contributed by atoms with Crippen LogP contribution in [0, 0.1) is 0 Å². The van der Waals surface area contributed by atoms with Crippen molar-refractivity contribution in [1.82, 2.24) is 5.32 Å². The van der Waals surface area contributed by atoms with E-state index in [4.69, 9.17) is 18.9 Å². The second-order valence-corrected chi connectivity index (χ2v) is 5.94. The number of ether oxygens (including phenoxy) is 4. The van der Waals surface area contributed by atoms with Crippen molar-refractivity contribution in [3.05, 3.63) is 53.6 Å². The van der Waals surface area contributed by atoms with Crippen molar-refractivity contribution in [3.8, 4) is 17.2 Å². The van der Waals surface area contributed by atoms with Crippen molar-refractivity contribution in [3.63, 3.8) is 0 Å². The fourth-order valence-corrected chi connectivity index (χ4v) is 2.57. The highest BCUT2D eigenvalue weighted by atomic mass is 16.5. The van der Waals surface area contributed by atoms with E-state index in [1.165, 1.54) is 21.3 Å². The lowest BCUT2D eigenvalue weighted by Crippen LogP contribution is -2.34. The first-order valence-corrected chi connectivity index (χ1v) is 8.82. The Hall–Kier alpha value is -3.55. The van der Waals surface area contributed by atoms with Crippen LogP contribution in [0.4, 0.5) is 0 Å². The molecule has 2 rings (SSSR count). The van der Waals surface area contributed by atoms with Crippen molar-refractivity contribution in [2.24, 2.45) is 0 Å². The molecule has 0 aromatic heterocycles. The lowest BCUT2D eigenvalue weighted by Gasteiger charge is -2.14. The summed E-state index contributed by atoms with van der Waals surface area (Å²) in [5.41, 5.74) is 1.12. The third-order valence-electron chi connectivity index (χ3n) is 4.00. The van der Waals surface area contributed by atoms with Crippen LogP contribution in [0.2, 0.25) is 0 Å². The van der Waals surface area contributed by atoms with E-state index in [9.17, 15) is 14.4 Å². The summed E-state index contributed by atoms with van der Waals surface area (Å²) in [6, 6.07) is 11.7. The third kappa shape index (κ3) is 6.24. The van der Waals surface area contributed by atoms with Crippen molar-refractivity contribution >= 4 is 17.8 Å². The molecular formula is C21H23NO7. The summed E-state index contributed by atoms with van der Waals surface area (Å²) in [6.07, 6.45) is 0.388. The minimum atomic E-state index is -0.694. The van der Waals surface area contributed by atoms with Gasteiger partial charge in [0.1, 0.15) is 0 Å². The van der Waals surface area contributed by atoms with Crippen LogP contribution >= 0.6 is 0 Å². The molecule has 0 aliphatic heterocycles. The third-order valence-corrected chi connectivity index (χ3v) is 4.00. The average Bonchev–Trinajstić information content (AvgIpc) is 2.75. The number of nitrogens with one attached hydrogen (secondary N) is 1. The molecule has 0 radical (unpaired) electrons. The van der Waals surface area contributed by atoms with Crippen LogP contribution in [0.15, 0.2) is 42.5 Å². The maximum absolute atomic E-state index is 11.9. The van der Waals surface area contributed by atoms with Crippen LogP contribution < -0.4 is 19.5 Å². The SMILES string of the molecule is COc1cc(CCC(=O)OCC(=O)NC(=O)c2ccccc2)cc(OC)c1OC. The van der Waals surface area contributed by atoms with Gasteiger partial charge in [0, 0.05) is 12.0 Å². The lowest BCUT2D eigenvalue weighted by molar-refractivity contribution is -0.148. The van der Waals surface area contributed by atoms with E-state index in [1.54, 1.807) is 42.5 Å². The van der Waals surface area contributed by atoms with Gasteiger partial charge in [-0.15, -0.1) is 0 Å². The predicted octanol–water partition coefficient (Wildman–Crippen LogP) is 2.14. The van der Waals surface area contributed by atoms with E-state index in [0.717, 1.165) is 5.56 Å². The zero-order chi connectivity index (χ0) is 21.2. The van der Waals surface area contributed by atoms with E-state index in [2.05, 4.69) is 5.32 Å². The zero-order valence-electron chi connectivity index (χ0n) is 16.5. The number of hydrogen-bond acceptors (Lipinski definition) is 7. The molecule has 2 aromatic rings. The Morgan fingerprint density at radius 2 is 1.52 bits per heavy atom. The Morgan fingerprint density at radius 3 is 2.07 bits per heavy atom. The standard InChI is InChI=1S/C21H23NO7/c1-26-16-11-14(12-17(27-2)20(16)28-3)9-10-19(24)29-13-18(23)22-21(25)15-7-5-4-6-8-15/h4-8,11-12H,9-10,13H2,1-3H3,(H,22,23,25). The van der Waals surface area contributed by atoms with Gasteiger partial charge in [0.15, 0.2) is 18.1 Å². The highest BCUT2D eigenvalue weighted by Gasteiger charge is 2.15. The molecule has 2 aromatic carbocycles. The number of rotatable bonds is 9. The topological polar surface area (TPSA) is 100 Å². The van der Waals surface area contributed by atoms with Gasteiger partial charge in [-0.1, -0.05) is 18.2 Å². The molecular weight excluding hydrogens is 378 g/mol. The molecule has 0 saturated carbocycles. The van der Waals surface area contributed by atoms with E-state index < -0.39 is 24.4 Å². The van der Waals surface area contributed by atoms with Gasteiger partial charge in [0.05, 0.1) is 21.3 Å². The number of amides is 2. The quantitative estimate of drug-likeness (QED) is 0.643. The number of esters is 1. The first kappa shape index (κ1) is 21.7. The molecule has 0 heterocycles. The molecule has 0 saturated heterocycles. The van der Waals surface area contributed by atoms with Crippen molar-refractivity contribution in [2.45, 2.75) is 12.8 Å². The summed E-state index contributed by atoms with van der Waals surface area (Å²) >= 11 is 0. The number of carbonyl (C=O) groups is 3. The number of aryl methyl sites for hydroxylation is 1. The Balaban J connectivity index is 1.84. The number of benzene rings is 2.